The molecule has 1 aromatic carbocycles. The fourth-order valence-electron chi connectivity index (χ4n) is 2.13. The van der Waals surface area contributed by atoms with Crippen molar-refractivity contribution in [3.63, 3.8) is 0 Å². The van der Waals surface area contributed by atoms with Gasteiger partial charge < -0.3 is 14.2 Å². The molecule has 0 aliphatic rings. The lowest BCUT2D eigenvalue weighted by Crippen LogP contribution is -2.23. The number of amides is 1. The summed E-state index contributed by atoms with van der Waals surface area (Å²) in [5.74, 6) is 0.935. The molecule has 0 fully saturated rings. The van der Waals surface area contributed by atoms with Crippen molar-refractivity contribution in [3.05, 3.63) is 72.1 Å². The lowest BCUT2D eigenvalue weighted by Gasteiger charge is -2.07. The first kappa shape index (κ1) is 17.0. The summed E-state index contributed by atoms with van der Waals surface area (Å²) in [5, 5.41) is 2.64. The summed E-state index contributed by atoms with van der Waals surface area (Å²) in [7, 11) is -3.67. The third kappa shape index (κ3) is 4.17. The van der Waals surface area contributed by atoms with Crippen LogP contribution < -0.4 is 10.0 Å². The quantitative estimate of drug-likeness (QED) is 0.704. The largest absolute Gasteiger partial charge is 0.468 e. The number of carbonyl (C=O) groups excluding carboxylic acids is 1. The Labute approximate surface area is 144 Å². The molecule has 0 saturated heterocycles. The van der Waals surface area contributed by atoms with E-state index in [1.54, 1.807) is 31.2 Å². The van der Waals surface area contributed by atoms with Crippen molar-refractivity contribution in [2.75, 3.05) is 5.32 Å². The molecular weight excluding hydrogens is 344 g/mol. The van der Waals surface area contributed by atoms with E-state index in [2.05, 4.69) is 10.0 Å². The number of hydrogen-bond acceptors (Lipinski definition) is 5. The summed E-state index contributed by atoms with van der Waals surface area (Å²) >= 11 is 0. The summed E-state index contributed by atoms with van der Waals surface area (Å²) in [4.78, 5) is 12.1. The summed E-state index contributed by atoms with van der Waals surface area (Å²) < 4.78 is 37.2. The van der Waals surface area contributed by atoms with Gasteiger partial charge in [-0.15, -0.1) is 0 Å². The highest BCUT2D eigenvalue weighted by Gasteiger charge is 2.15. The summed E-state index contributed by atoms with van der Waals surface area (Å²) in [6.45, 7) is 1.80. The molecule has 2 heterocycles. The molecule has 3 rings (SSSR count). The van der Waals surface area contributed by atoms with Crippen LogP contribution in [0.3, 0.4) is 0 Å². The van der Waals surface area contributed by atoms with Crippen molar-refractivity contribution in [2.45, 2.75) is 18.4 Å². The van der Waals surface area contributed by atoms with Crippen molar-refractivity contribution >= 4 is 21.6 Å². The van der Waals surface area contributed by atoms with E-state index in [-0.39, 0.29) is 17.2 Å². The highest BCUT2D eigenvalue weighted by Crippen LogP contribution is 2.16. The Morgan fingerprint density at radius 3 is 2.44 bits per heavy atom. The predicted molar refractivity (Wildman–Crippen MR) is 90.6 cm³/mol. The zero-order chi connectivity index (χ0) is 17.9. The number of benzene rings is 1. The maximum Gasteiger partial charge on any atom is 0.291 e. The average Bonchev–Trinajstić information content (AvgIpc) is 3.25. The third-order valence-corrected chi connectivity index (χ3v) is 4.82. The number of rotatable bonds is 6. The van der Waals surface area contributed by atoms with E-state index in [0.717, 1.165) is 0 Å². The van der Waals surface area contributed by atoms with E-state index in [4.69, 9.17) is 8.83 Å². The Morgan fingerprint density at radius 2 is 1.84 bits per heavy atom. The van der Waals surface area contributed by atoms with E-state index in [9.17, 15) is 13.2 Å². The first-order chi connectivity index (χ1) is 11.9. The van der Waals surface area contributed by atoms with Crippen LogP contribution in [-0.2, 0) is 16.6 Å². The SMILES string of the molecule is Cc1ccc(C(=O)Nc2ccc(S(=O)(=O)NCc3ccco3)cc2)o1. The molecule has 0 aliphatic heterocycles. The minimum Gasteiger partial charge on any atom is -0.468 e. The summed E-state index contributed by atoms with van der Waals surface area (Å²) in [5.41, 5.74) is 0.462. The second-order valence-electron chi connectivity index (χ2n) is 5.29. The summed E-state index contributed by atoms with van der Waals surface area (Å²) in [6, 6.07) is 12.5. The van der Waals surface area contributed by atoms with Gasteiger partial charge in [-0.05, 0) is 55.5 Å². The Balaban J connectivity index is 1.65. The smallest absolute Gasteiger partial charge is 0.291 e. The topological polar surface area (TPSA) is 102 Å². The lowest BCUT2D eigenvalue weighted by atomic mass is 10.3. The minimum atomic E-state index is -3.67. The standard InChI is InChI=1S/C17H16N2O5S/c1-12-4-9-16(24-12)17(20)19-13-5-7-15(8-6-13)25(21,22)18-11-14-3-2-10-23-14/h2-10,18H,11H2,1H3,(H,19,20). The Morgan fingerprint density at radius 1 is 1.08 bits per heavy atom. The summed E-state index contributed by atoms with van der Waals surface area (Å²) in [6.07, 6.45) is 1.47. The lowest BCUT2D eigenvalue weighted by molar-refractivity contribution is 0.0995. The fourth-order valence-corrected chi connectivity index (χ4v) is 3.12. The Bertz CT molecular complexity index is 957. The van der Waals surface area contributed by atoms with Crippen LogP contribution in [0.15, 0.2) is 68.5 Å². The highest BCUT2D eigenvalue weighted by molar-refractivity contribution is 7.89. The molecule has 2 N–H and O–H groups in total. The number of hydrogen-bond donors (Lipinski definition) is 2. The van der Waals surface area contributed by atoms with Crippen molar-refractivity contribution in [2.24, 2.45) is 0 Å². The molecule has 25 heavy (non-hydrogen) atoms. The molecule has 0 spiro atoms. The molecule has 2 aromatic heterocycles. The van der Waals surface area contributed by atoms with E-state index >= 15 is 0 Å². The van der Waals surface area contributed by atoms with Gasteiger partial charge >= 0.3 is 0 Å². The molecule has 1 amide bonds. The number of sulfonamides is 1. The molecule has 0 radical (unpaired) electrons. The van der Waals surface area contributed by atoms with Crippen molar-refractivity contribution in [1.82, 2.24) is 4.72 Å². The van der Waals surface area contributed by atoms with Crippen molar-refractivity contribution in [3.8, 4) is 0 Å². The third-order valence-electron chi connectivity index (χ3n) is 3.40. The van der Waals surface area contributed by atoms with Crippen molar-refractivity contribution < 1.29 is 22.0 Å². The molecule has 130 valence electrons. The molecular formula is C17H16N2O5S. The monoisotopic (exact) mass is 360 g/mol. The molecule has 8 heteroatoms. The predicted octanol–water partition coefficient (Wildman–Crippen LogP) is 2.91. The van der Waals surface area contributed by atoms with Crippen LogP contribution in [0.5, 0.6) is 0 Å². The van der Waals surface area contributed by atoms with E-state index in [0.29, 0.717) is 17.2 Å². The van der Waals surface area contributed by atoms with Gasteiger partial charge in [-0.2, -0.15) is 0 Å². The first-order valence-electron chi connectivity index (χ1n) is 7.44. The van der Waals surface area contributed by atoms with Gasteiger partial charge in [0.15, 0.2) is 5.76 Å². The Kier molecular flexibility index (Phi) is 4.73. The van der Waals surface area contributed by atoms with Gasteiger partial charge in [0.2, 0.25) is 10.0 Å². The van der Waals surface area contributed by atoms with Crippen LogP contribution in [0.1, 0.15) is 22.1 Å². The minimum absolute atomic E-state index is 0.0612. The maximum atomic E-state index is 12.2. The van der Waals surface area contributed by atoms with E-state index < -0.39 is 15.9 Å². The van der Waals surface area contributed by atoms with Crippen LogP contribution in [-0.4, -0.2) is 14.3 Å². The van der Waals surface area contributed by atoms with Gasteiger partial charge in [-0.1, -0.05) is 0 Å². The van der Waals surface area contributed by atoms with E-state index in [1.165, 1.54) is 30.5 Å². The molecule has 0 saturated carbocycles. The zero-order valence-corrected chi connectivity index (χ0v) is 14.2. The second-order valence-corrected chi connectivity index (χ2v) is 7.06. The van der Waals surface area contributed by atoms with Gasteiger partial charge in [0.25, 0.3) is 5.91 Å². The van der Waals surface area contributed by atoms with Gasteiger partial charge in [-0.25, -0.2) is 13.1 Å². The van der Waals surface area contributed by atoms with Crippen LogP contribution in [0.2, 0.25) is 0 Å². The number of furan rings is 2. The molecule has 7 nitrogen and oxygen atoms in total. The number of carbonyl (C=O) groups is 1. The normalized spacial score (nSPS) is 11.4. The average molecular weight is 360 g/mol. The van der Waals surface area contributed by atoms with Gasteiger partial charge in [-0.3, -0.25) is 4.79 Å². The molecule has 0 aliphatic carbocycles. The highest BCUT2D eigenvalue weighted by atomic mass is 32.2. The number of anilines is 1. The van der Waals surface area contributed by atoms with Crippen LogP contribution in [0.4, 0.5) is 5.69 Å². The Hall–Kier alpha value is -2.84. The van der Waals surface area contributed by atoms with E-state index in [1.807, 2.05) is 0 Å². The molecule has 3 aromatic rings. The fraction of sp³-hybridized carbons (Fsp3) is 0.118. The second kappa shape index (κ2) is 6.96. The zero-order valence-electron chi connectivity index (χ0n) is 13.4. The molecule has 0 bridgehead atoms. The van der Waals surface area contributed by atoms with Gasteiger partial charge in [0, 0.05) is 5.69 Å². The van der Waals surface area contributed by atoms with Crippen LogP contribution >= 0.6 is 0 Å². The molecule has 0 unspecified atom stereocenters. The number of aryl methyl sites for hydroxylation is 1. The molecule has 0 atom stereocenters. The van der Waals surface area contributed by atoms with Crippen LogP contribution in [0.25, 0.3) is 0 Å². The van der Waals surface area contributed by atoms with Crippen molar-refractivity contribution in [1.29, 1.82) is 0 Å². The van der Waals surface area contributed by atoms with Gasteiger partial charge in [0.1, 0.15) is 11.5 Å². The van der Waals surface area contributed by atoms with Gasteiger partial charge in [0.05, 0.1) is 17.7 Å². The first-order valence-corrected chi connectivity index (χ1v) is 8.92. The maximum absolute atomic E-state index is 12.2. The number of nitrogens with one attached hydrogen (secondary N) is 2. The van der Waals surface area contributed by atoms with Crippen LogP contribution in [0, 0.1) is 6.92 Å².